The molecule has 2 aromatic heterocycles. The molecular formula is C26H14Cl4F2N8O2. The van der Waals surface area contributed by atoms with Gasteiger partial charge in [-0.3, -0.25) is 0 Å². The van der Waals surface area contributed by atoms with Crippen LogP contribution in [0.3, 0.4) is 0 Å². The molecule has 4 rings (SSSR count). The topological polar surface area (TPSA) is 167 Å². The van der Waals surface area contributed by atoms with Gasteiger partial charge >= 0.3 is 0 Å². The van der Waals surface area contributed by atoms with E-state index in [2.05, 4.69) is 20.0 Å². The fourth-order valence-electron chi connectivity index (χ4n) is 3.11. The summed E-state index contributed by atoms with van der Waals surface area (Å²) >= 11 is 23.3. The van der Waals surface area contributed by atoms with E-state index in [1.54, 1.807) is 0 Å². The molecule has 2 N–H and O–H groups in total. The van der Waals surface area contributed by atoms with Crippen molar-refractivity contribution in [3.05, 3.63) is 113 Å². The van der Waals surface area contributed by atoms with Gasteiger partial charge < -0.3 is 15.2 Å². The first-order valence-electron chi connectivity index (χ1n) is 11.3. The number of aromatic nitrogens is 2. The zero-order valence-electron chi connectivity index (χ0n) is 20.8. The van der Waals surface area contributed by atoms with Crippen LogP contribution in [0.1, 0.15) is 22.3 Å². The zero-order chi connectivity index (χ0) is 30.8. The fraction of sp³-hybridized carbons (Fsp3) is 0.0769. The summed E-state index contributed by atoms with van der Waals surface area (Å²) in [5, 5.41) is 21.1. The molecule has 2 aromatic carbocycles. The third kappa shape index (κ3) is 8.32. The molecule has 42 heavy (non-hydrogen) atoms. The van der Waals surface area contributed by atoms with Gasteiger partial charge in [0, 0.05) is 29.2 Å². The standard InChI is InChI=1S/C13H6Cl2FN5O.C13H8Cl2FN3O/c14-9-2-1-8(6-19-21-18)12(16)13(9)22-11-4-7(5-17)3-10(15)20-11;14-9-2-1-8(6-18)12(16)13(9)20-11-4-7(5-17)3-10(15)19-11/h1-4H,6H2;1-4H,6,18H2. The number of rotatable bonds is 7. The van der Waals surface area contributed by atoms with E-state index in [1.807, 2.05) is 12.1 Å². The molecule has 4 aromatic rings. The second-order valence-corrected chi connectivity index (χ2v) is 9.34. The summed E-state index contributed by atoms with van der Waals surface area (Å²) < 4.78 is 39.0. The van der Waals surface area contributed by atoms with E-state index in [0.29, 0.717) is 0 Å². The molecule has 0 aliphatic carbocycles. The summed E-state index contributed by atoms with van der Waals surface area (Å²) in [6, 6.07) is 14.8. The lowest BCUT2D eigenvalue weighted by Gasteiger charge is -2.10. The predicted octanol–water partition coefficient (Wildman–Crippen LogP) is 8.65. The maximum atomic E-state index is 14.3. The van der Waals surface area contributed by atoms with Crippen LogP contribution in [0.25, 0.3) is 10.4 Å². The second-order valence-electron chi connectivity index (χ2n) is 7.75. The van der Waals surface area contributed by atoms with Gasteiger partial charge in [-0.05, 0) is 35.4 Å². The lowest BCUT2D eigenvalue weighted by molar-refractivity contribution is 0.424. The molecule has 16 heteroatoms. The Labute approximate surface area is 257 Å². The Bertz CT molecular complexity index is 1770. The molecule has 10 nitrogen and oxygen atoms in total. The van der Waals surface area contributed by atoms with Crippen molar-refractivity contribution < 1.29 is 18.3 Å². The molecule has 0 fully saturated rings. The Balaban J connectivity index is 0.000000231. The van der Waals surface area contributed by atoms with Gasteiger partial charge in [-0.25, -0.2) is 18.7 Å². The Morgan fingerprint density at radius 1 is 0.810 bits per heavy atom. The van der Waals surface area contributed by atoms with E-state index in [0.717, 1.165) is 0 Å². The monoisotopic (exact) mass is 648 g/mol. The molecule has 0 radical (unpaired) electrons. The SMILES string of the molecule is N#Cc1cc(Cl)nc(Oc2c(Cl)ccc(CN)c2F)c1.N#Cc1cc(Cl)nc(Oc2c(Cl)ccc(CN=[N+]=[N-])c2F)c1. The van der Waals surface area contributed by atoms with Gasteiger partial charge in [-0.1, -0.05) is 63.7 Å². The first kappa shape index (κ1) is 32.1. The lowest BCUT2D eigenvalue weighted by atomic mass is 10.2. The van der Waals surface area contributed by atoms with Gasteiger partial charge in [0.05, 0.1) is 39.9 Å². The Hall–Kier alpha value is -4.39. The smallest absolute Gasteiger partial charge is 0.222 e. The molecule has 0 unspecified atom stereocenters. The normalized spacial score (nSPS) is 9.93. The molecule has 0 spiro atoms. The highest BCUT2D eigenvalue weighted by Gasteiger charge is 2.17. The lowest BCUT2D eigenvalue weighted by Crippen LogP contribution is -2.02. The maximum Gasteiger partial charge on any atom is 0.222 e. The molecule has 0 aliphatic heterocycles. The second kappa shape index (κ2) is 15.0. The molecule has 0 saturated carbocycles. The van der Waals surface area contributed by atoms with Gasteiger partial charge in [0.2, 0.25) is 11.8 Å². The first-order chi connectivity index (χ1) is 20.1. The molecule has 0 aliphatic rings. The van der Waals surface area contributed by atoms with E-state index >= 15 is 0 Å². The van der Waals surface area contributed by atoms with E-state index in [1.165, 1.54) is 48.5 Å². The van der Waals surface area contributed by atoms with Crippen molar-refractivity contribution in [2.24, 2.45) is 10.8 Å². The van der Waals surface area contributed by atoms with Gasteiger partial charge in [-0.15, -0.1) is 0 Å². The largest absolute Gasteiger partial charge is 0.434 e. The highest BCUT2D eigenvalue weighted by molar-refractivity contribution is 6.32. The Kier molecular flexibility index (Phi) is 11.5. The molecule has 2 heterocycles. The van der Waals surface area contributed by atoms with Gasteiger partial charge in [0.15, 0.2) is 23.1 Å². The van der Waals surface area contributed by atoms with Crippen molar-refractivity contribution in [3.8, 4) is 35.4 Å². The van der Waals surface area contributed by atoms with Crippen LogP contribution in [0.4, 0.5) is 8.78 Å². The van der Waals surface area contributed by atoms with Crippen LogP contribution in [0, 0.1) is 34.3 Å². The number of hydrogen-bond donors (Lipinski definition) is 1. The molecule has 0 amide bonds. The van der Waals surface area contributed by atoms with E-state index < -0.39 is 11.6 Å². The van der Waals surface area contributed by atoms with Crippen molar-refractivity contribution in [3.63, 3.8) is 0 Å². The van der Waals surface area contributed by atoms with Crippen LogP contribution in [-0.2, 0) is 13.1 Å². The highest BCUT2D eigenvalue weighted by atomic mass is 35.5. The van der Waals surface area contributed by atoms with Crippen molar-refractivity contribution in [2.45, 2.75) is 13.1 Å². The van der Waals surface area contributed by atoms with Crippen molar-refractivity contribution in [1.82, 2.24) is 9.97 Å². The number of nitrogens with zero attached hydrogens (tertiary/aromatic N) is 7. The number of ether oxygens (including phenoxy) is 2. The summed E-state index contributed by atoms with van der Waals surface area (Å²) in [6.07, 6.45) is 0. The van der Waals surface area contributed by atoms with E-state index in [-0.39, 0.29) is 79.0 Å². The number of azide groups is 1. The van der Waals surface area contributed by atoms with Crippen LogP contribution in [0.5, 0.6) is 23.3 Å². The highest BCUT2D eigenvalue weighted by Crippen LogP contribution is 2.35. The van der Waals surface area contributed by atoms with Crippen molar-refractivity contribution >= 4 is 46.4 Å². The molecule has 0 saturated heterocycles. The number of pyridine rings is 2. The summed E-state index contributed by atoms with van der Waals surface area (Å²) in [5.41, 5.74) is 14.5. The van der Waals surface area contributed by atoms with Gasteiger partial charge in [0.25, 0.3) is 0 Å². The third-order valence-corrected chi connectivity index (χ3v) is 5.98. The molecule has 0 bridgehead atoms. The van der Waals surface area contributed by atoms with Crippen LogP contribution in [0.15, 0.2) is 53.6 Å². The van der Waals surface area contributed by atoms with Crippen LogP contribution >= 0.6 is 46.4 Å². The molecule has 0 atom stereocenters. The Morgan fingerprint density at radius 3 is 1.69 bits per heavy atom. The first-order valence-corrected chi connectivity index (χ1v) is 12.8. The van der Waals surface area contributed by atoms with Crippen LogP contribution < -0.4 is 15.2 Å². The van der Waals surface area contributed by atoms with Crippen molar-refractivity contribution in [2.75, 3.05) is 0 Å². The van der Waals surface area contributed by atoms with Crippen molar-refractivity contribution in [1.29, 1.82) is 10.5 Å². The fourth-order valence-corrected chi connectivity index (χ4v) is 3.88. The third-order valence-electron chi connectivity index (χ3n) is 4.99. The number of benzene rings is 2. The summed E-state index contributed by atoms with van der Waals surface area (Å²) in [5.74, 6) is -2.03. The van der Waals surface area contributed by atoms with Gasteiger partial charge in [-0.2, -0.15) is 10.5 Å². The number of hydrogen-bond acceptors (Lipinski definition) is 8. The minimum absolute atomic E-state index is 0.00229. The summed E-state index contributed by atoms with van der Waals surface area (Å²) in [4.78, 5) is 10.2. The Morgan fingerprint density at radius 2 is 1.26 bits per heavy atom. The minimum atomic E-state index is -0.778. The summed E-state index contributed by atoms with van der Waals surface area (Å²) in [6.45, 7) is -0.186. The maximum absolute atomic E-state index is 14.3. The number of nitrogens with two attached hydrogens (primary N) is 1. The van der Waals surface area contributed by atoms with Gasteiger partial charge in [0.1, 0.15) is 10.3 Å². The quantitative estimate of drug-likeness (QED) is 0.0904. The number of nitriles is 2. The summed E-state index contributed by atoms with van der Waals surface area (Å²) in [7, 11) is 0. The minimum Gasteiger partial charge on any atom is -0.434 e. The van der Waals surface area contributed by atoms with E-state index in [9.17, 15) is 8.78 Å². The average Bonchev–Trinajstić information content (AvgIpc) is 2.97. The van der Waals surface area contributed by atoms with Crippen LogP contribution in [-0.4, -0.2) is 9.97 Å². The van der Waals surface area contributed by atoms with Crippen LogP contribution in [0.2, 0.25) is 20.4 Å². The zero-order valence-corrected chi connectivity index (χ0v) is 23.8. The average molecular weight is 650 g/mol. The molecule has 212 valence electrons. The molecular weight excluding hydrogens is 636 g/mol. The number of halogens is 6. The van der Waals surface area contributed by atoms with E-state index in [4.69, 9.17) is 77.7 Å². The predicted molar refractivity (Wildman–Crippen MR) is 152 cm³/mol.